The van der Waals surface area contributed by atoms with Gasteiger partial charge in [-0.05, 0) is 32.8 Å². The molecule has 0 aromatic carbocycles. The van der Waals surface area contributed by atoms with E-state index >= 15 is 0 Å². The molecule has 3 aromatic heterocycles. The summed E-state index contributed by atoms with van der Waals surface area (Å²) in [6.45, 7) is 0.908. The maximum atomic E-state index is 14.9. The average Bonchev–Trinajstić information content (AvgIpc) is 3.62. The van der Waals surface area contributed by atoms with Crippen LogP contribution >= 0.6 is 0 Å². The van der Waals surface area contributed by atoms with Gasteiger partial charge in [-0.15, -0.1) is 0 Å². The molecule has 5 rings (SSSR count). The maximum absolute atomic E-state index is 14.9. The van der Waals surface area contributed by atoms with E-state index in [4.69, 9.17) is 4.11 Å². The molecular formula is C24H27FN8O2. The van der Waals surface area contributed by atoms with E-state index in [-0.39, 0.29) is 34.9 Å². The number of nitrogens with zero attached hydrogens (tertiary/aromatic N) is 5. The molecule has 182 valence electrons. The van der Waals surface area contributed by atoms with Gasteiger partial charge in [0.05, 0.1) is 28.5 Å². The average molecular weight is 482 g/mol. The fraction of sp³-hybridized carbons (Fsp3) is 0.375. The lowest BCUT2D eigenvalue weighted by Gasteiger charge is -2.34. The van der Waals surface area contributed by atoms with Gasteiger partial charge in [0.15, 0.2) is 5.82 Å². The molecule has 0 saturated heterocycles. The van der Waals surface area contributed by atoms with Crippen LogP contribution in [0.1, 0.15) is 51.5 Å². The van der Waals surface area contributed by atoms with Crippen LogP contribution in [0.2, 0.25) is 0 Å². The van der Waals surface area contributed by atoms with Crippen molar-refractivity contribution >= 4 is 34.8 Å². The Labute approximate surface area is 206 Å². The lowest BCUT2D eigenvalue weighted by Crippen LogP contribution is -2.28. The van der Waals surface area contributed by atoms with Gasteiger partial charge in [-0.2, -0.15) is 9.49 Å². The third-order valence-electron chi connectivity index (χ3n) is 6.45. The Hall–Kier alpha value is -4.02. The van der Waals surface area contributed by atoms with Crippen molar-refractivity contribution in [2.24, 2.45) is 13.0 Å². The van der Waals surface area contributed by atoms with Gasteiger partial charge < -0.3 is 20.9 Å². The van der Waals surface area contributed by atoms with Crippen LogP contribution in [0.3, 0.4) is 0 Å². The zero-order chi connectivity index (χ0) is 27.5. The van der Waals surface area contributed by atoms with Crippen LogP contribution in [0.15, 0.2) is 18.3 Å². The van der Waals surface area contributed by atoms with Crippen molar-refractivity contribution in [3.8, 4) is 11.3 Å². The van der Waals surface area contributed by atoms with Crippen LogP contribution < -0.4 is 20.9 Å². The fourth-order valence-electron chi connectivity index (χ4n) is 4.34. The van der Waals surface area contributed by atoms with Crippen molar-refractivity contribution < 1.29 is 18.1 Å². The minimum absolute atomic E-state index is 0.0568. The van der Waals surface area contributed by atoms with Crippen molar-refractivity contribution in [1.29, 1.82) is 0 Å². The standard InChI is InChI=1S/C24H27FN8O2/c1-11-8-14-19-18(21(25)33(5)31-19)12(2)32(4)20(14)22(28-11)29-16-9-17(30-23(34)13-6-7-13)27-10-15(16)24(35)26-3/h8-10,12-13H,6-7H2,1-5H3,(H,26,35)(H2,27,28,29,30,34)/t12-/m0/s1/i3D3. The Morgan fingerprint density at radius 3 is 2.74 bits per heavy atom. The number of fused-ring (bicyclic) bond motifs is 3. The van der Waals surface area contributed by atoms with Gasteiger partial charge in [-0.25, -0.2) is 14.6 Å². The smallest absolute Gasteiger partial charge is 0.254 e. The van der Waals surface area contributed by atoms with Crippen LogP contribution in [0.5, 0.6) is 0 Å². The van der Waals surface area contributed by atoms with Gasteiger partial charge in [0.25, 0.3) is 5.91 Å². The number of anilines is 4. The molecule has 1 aliphatic heterocycles. The van der Waals surface area contributed by atoms with Crippen LogP contribution in [-0.2, 0) is 11.8 Å². The number of rotatable bonds is 5. The minimum atomic E-state index is -2.72. The predicted molar refractivity (Wildman–Crippen MR) is 130 cm³/mol. The van der Waals surface area contributed by atoms with Gasteiger partial charge >= 0.3 is 0 Å². The van der Waals surface area contributed by atoms with E-state index in [0.717, 1.165) is 12.8 Å². The van der Waals surface area contributed by atoms with Crippen molar-refractivity contribution in [2.45, 2.75) is 32.7 Å². The molecule has 4 heterocycles. The summed E-state index contributed by atoms with van der Waals surface area (Å²) in [7, 11) is 3.34. The molecule has 3 N–H and O–H groups in total. The highest BCUT2D eigenvalue weighted by Crippen LogP contribution is 2.48. The first-order valence-electron chi connectivity index (χ1n) is 12.7. The molecule has 0 radical (unpaired) electrons. The fourth-order valence-corrected chi connectivity index (χ4v) is 4.34. The Bertz CT molecular complexity index is 1470. The number of aryl methyl sites for hydroxylation is 2. The van der Waals surface area contributed by atoms with Gasteiger partial charge in [-0.1, -0.05) is 0 Å². The molecule has 35 heavy (non-hydrogen) atoms. The quantitative estimate of drug-likeness (QED) is 0.512. The number of carbonyl (C=O) groups is 2. The van der Waals surface area contributed by atoms with Crippen LogP contribution in [0, 0.1) is 18.8 Å². The summed E-state index contributed by atoms with van der Waals surface area (Å²) in [4.78, 5) is 35.9. The Balaban J connectivity index is 1.61. The monoisotopic (exact) mass is 481 g/mol. The van der Waals surface area contributed by atoms with Gasteiger partial charge in [0.1, 0.15) is 11.5 Å². The summed E-state index contributed by atoms with van der Waals surface area (Å²) >= 11 is 0. The number of aromatic nitrogens is 4. The van der Waals surface area contributed by atoms with Gasteiger partial charge in [-0.3, -0.25) is 9.59 Å². The first-order chi connectivity index (χ1) is 17.8. The largest absolute Gasteiger partial charge is 0.364 e. The normalized spacial score (nSPS) is 18.0. The minimum Gasteiger partial charge on any atom is -0.364 e. The summed E-state index contributed by atoms with van der Waals surface area (Å²) in [5.41, 5.74) is 2.97. The van der Waals surface area contributed by atoms with Crippen molar-refractivity contribution in [1.82, 2.24) is 25.1 Å². The van der Waals surface area contributed by atoms with E-state index in [9.17, 15) is 14.0 Å². The second kappa shape index (κ2) is 8.33. The van der Waals surface area contributed by atoms with Gasteiger partial charge in [0, 0.05) is 54.6 Å². The molecular weight excluding hydrogens is 451 g/mol. The van der Waals surface area contributed by atoms with E-state index in [0.29, 0.717) is 34.0 Å². The van der Waals surface area contributed by atoms with Crippen molar-refractivity contribution in [3.05, 3.63) is 41.1 Å². The lowest BCUT2D eigenvalue weighted by atomic mass is 9.95. The number of halogens is 1. The predicted octanol–water partition coefficient (Wildman–Crippen LogP) is 3.29. The molecule has 2 amide bonds. The SMILES string of the molecule is [2H]C([2H])([2H])NC(=O)c1cnc(NC(=O)C2CC2)cc1Nc1nc(C)cc2c1N(C)[C@@H](C)c1c-2nn(C)c1F. The molecule has 0 unspecified atom stereocenters. The number of amides is 2. The van der Waals surface area contributed by atoms with Crippen LogP contribution in [0.4, 0.5) is 27.4 Å². The summed E-state index contributed by atoms with van der Waals surface area (Å²) in [6.07, 6.45) is 2.80. The second-order valence-electron chi connectivity index (χ2n) is 8.93. The first kappa shape index (κ1) is 19.3. The summed E-state index contributed by atoms with van der Waals surface area (Å²) in [5.74, 6) is -1.00. The number of hydrogen-bond donors (Lipinski definition) is 3. The third kappa shape index (κ3) is 3.86. The molecule has 0 bridgehead atoms. The molecule has 1 saturated carbocycles. The molecule has 1 atom stereocenters. The maximum Gasteiger partial charge on any atom is 0.254 e. The summed E-state index contributed by atoms with van der Waals surface area (Å²) in [5, 5.41) is 12.3. The highest BCUT2D eigenvalue weighted by atomic mass is 19.1. The van der Waals surface area contributed by atoms with E-state index < -0.39 is 18.8 Å². The zero-order valence-electron chi connectivity index (χ0n) is 22.7. The molecule has 10 nitrogen and oxygen atoms in total. The number of carbonyl (C=O) groups excluding carboxylic acids is 2. The highest BCUT2D eigenvalue weighted by molar-refractivity contribution is 6.02. The molecule has 11 heteroatoms. The lowest BCUT2D eigenvalue weighted by molar-refractivity contribution is -0.117. The molecule has 0 spiro atoms. The van der Waals surface area contributed by atoms with Crippen molar-refractivity contribution in [2.75, 3.05) is 29.6 Å². The Morgan fingerprint density at radius 1 is 1.26 bits per heavy atom. The highest BCUT2D eigenvalue weighted by Gasteiger charge is 2.35. The van der Waals surface area contributed by atoms with E-state index in [1.54, 1.807) is 14.0 Å². The van der Waals surface area contributed by atoms with E-state index in [1.807, 2.05) is 23.2 Å². The Kier molecular flexibility index (Phi) is 4.59. The number of nitrogens with one attached hydrogen (secondary N) is 3. The van der Waals surface area contributed by atoms with E-state index in [2.05, 4.69) is 25.7 Å². The number of hydrogen-bond acceptors (Lipinski definition) is 7. The zero-order valence-corrected chi connectivity index (χ0v) is 19.7. The van der Waals surface area contributed by atoms with E-state index in [1.165, 1.54) is 24.0 Å². The third-order valence-corrected chi connectivity index (χ3v) is 6.45. The molecule has 1 aliphatic carbocycles. The summed E-state index contributed by atoms with van der Waals surface area (Å²) in [6, 6.07) is 2.90. The first-order valence-corrected chi connectivity index (χ1v) is 11.2. The topological polar surface area (TPSA) is 117 Å². The van der Waals surface area contributed by atoms with Gasteiger partial charge in [0.2, 0.25) is 11.9 Å². The van der Waals surface area contributed by atoms with Crippen LogP contribution in [0.25, 0.3) is 11.3 Å². The Morgan fingerprint density at radius 2 is 2.03 bits per heavy atom. The molecule has 2 aliphatic rings. The molecule has 3 aromatic rings. The second-order valence-corrected chi connectivity index (χ2v) is 8.93. The number of pyridine rings is 2. The van der Waals surface area contributed by atoms with Crippen LogP contribution in [-0.4, -0.2) is 45.6 Å². The summed E-state index contributed by atoms with van der Waals surface area (Å²) < 4.78 is 38.4. The molecule has 1 fully saturated rings. The van der Waals surface area contributed by atoms with Crippen molar-refractivity contribution in [3.63, 3.8) is 0 Å².